The van der Waals surface area contributed by atoms with Crippen molar-refractivity contribution in [1.82, 2.24) is 15.5 Å². The van der Waals surface area contributed by atoms with E-state index in [-0.39, 0.29) is 24.0 Å². The first-order valence-corrected chi connectivity index (χ1v) is 10.0. The van der Waals surface area contributed by atoms with E-state index in [1.807, 2.05) is 0 Å². The molecule has 1 saturated heterocycles. The Kier molecular flexibility index (Phi) is 12.5. The van der Waals surface area contributed by atoms with Crippen LogP contribution in [0.2, 0.25) is 0 Å². The number of piperidine rings is 1. The van der Waals surface area contributed by atoms with Gasteiger partial charge in [0.15, 0.2) is 5.96 Å². The molecule has 1 aliphatic rings. The Hall–Kier alpha value is -1.06. The zero-order valence-electron chi connectivity index (χ0n) is 17.8. The van der Waals surface area contributed by atoms with Gasteiger partial charge in [-0.3, -0.25) is 0 Å². The predicted octanol–water partition coefficient (Wildman–Crippen LogP) is 3.04. The van der Waals surface area contributed by atoms with Gasteiger partial charge >= 0.3 is 0 Å². The summed E-state index contributed by atoms with van der Waals surface area (Å²) in [6, 6.07) is 6.27. The summed E-state index contributed by atoms with van der Waals surface area (Å²) in [5.41, 5.74) is 2.27. The van der Waals surface area contributed by atoms with Crippen LogP contribution in [0.3, 0.4) is 0 Å². The van der Waals surface area contributed by atoms with Gasteiger partial charge in [-0.2, -0.15) is 0 Å². The molecule has 0 aromatic heterocycles. The molecule has 1 unspecified atom stereocenters. The normalized spacial score (nSPS) is 17.7. The summed E-state index contributed by atoms with van der Waals surface area (Å²) in [7, 11) is 3.89. The molecule has 0 spiro atoms. The van der Waals surface area contributed by atoms with Crippen LogP contribution in [0.1, 0.15) is 30.9 Å². The molecule has 0 saturated carbocycles. The molecule has 1 heterocycles. The van der Waals surface area contributed by atoms with E-state index in [9.17, 15) is 0 Å². The number of benzene rings is 1. The van der Waals surface area contributed by atoms with Gasteiger partial charge in [0.25, 0.3) is 0 Å². The second-order valence-corrected chi connectivity index (χ2v) is 7.30. The van der Waals surface area contributed by atoms with Crippen LogP contribution in [0.15, 0.2) is 23.2 Å². The SMILES string of the molecule is CCNC(=NCc1ccc(C)cc1OCCOC)NCC1CCCN(C)C1.I. The van der Waals surface area contributed by atoms with Gasteiger partial charge in [-0.15, -0.1) is 24.0 Å². The van der Waals surface area contributed by atoms with Crippen molar-refractivity contribution >= 4 is 29.9 Å². The fraction of sp³-hybridized carbons (Fsp3) is 0.667. The van der Waals surface area contributed by atoms with E-state index in [0.29, 0.717) is 25.7 Å². The smallest absolute Gasteiger partial charge is 0.191 e. The number of halogens is 1. The van der Waals surface area contributed by atoms with Crippen LogP contribution in [0, 0.1) is 12.8 Å². The Labute approximate surface area is 187 Å². The van der Waals surface area contributed by atoms with Crippen molar-refractivity contribution in [2.75, 3.05) is 53.6 Å². The van der Waals surface area contributed by atoms with Crippen LogP contribution in [0.4, 0.5) is 0 Å². The van der Waals surface area contributed by atoms with Crippen molar-refractivity contribution in [2.24, 2.45) is 10.9 Å². The average molecular weight is 504 g/mol. The first-order valence-electron chi connectivity index (χ1n) is 10.0. The standard InChI is InChI=1S/C21H36N4O2.HI/c1-5-22-21(23-14-18-7-6-10-25(3)16-18)24-15-19-9-8-17(2)13-20(19)27-12-11-26-4;/h8-9,13,18H,5-7,10-12,14-16H2,1-4H3,(H2,22,23,24);1H. The minimum Gasteiger partial charge on any atom is -0.491 e. The molecule has 1 fully saturated rings. The number of guanidine groups is 1. The number of hydrogen-bond acceptors (Lipinski definition) is 4. The average Bonchev–Trinajstić information content (AvgIpc) is 2.65. The maximum atomic E-state index is 5.88. The number of ether oxygens (including phenoxy) is 2. The van der Waals surface area contributed by atoms with Gasteiger partial charge in [0, 0.05) is 32.3 Å². The molecule has 1 atom stereocenters. The van der Waals surface area contributed by atoms with Crippen molar-refractivity contribution in [3.8, 4) is 5.75 Å². The highest BCUT2D eigenvalue weighted by Crippen LogP contribution is 2.21. The largest absolute Gasteiger partial charge is 0.491 e. The molecule has 0 bridgehead atoms. The molecule has 2 rings (SSSR count). The first-order chi connectivity index (χ1) is 13.1. The number of likely N-dealkylation sites (tertiary alicyclic amines) is 1. The summed E-state index contributed by atoms with van der Waals surface area (Å²) in [4.78, 5) is 7.19. The van der Waals surface area contributed by atoms with E-state index in [1.165, 1.54) is 24.9 Å². The van der Waals surface area contributed by atoms with Gasteiger partial charge in [0.1, 0.15) is 12.4 Å². The lowest BCUT2D eigenvalue weighted by Gasteiger charge is -2.30. The highest BCUT2D eigenvalue weighted by Gasteiger charge is 2.17. The van der Waals surface area contributed by atoms with Crippen LogP contribution in [-0.2, 0) is 11.3 Å². The molecule has 0 aliphatic carbocycles. The Morgan fingerprint density at radius 2 is 2.11 bits per heavy atom. The van der Waals surface area contributed by atoms with Gasteiger partial charge in [0.05, 0.1) is 13.2 Å². The zero-order chi connectivity index (χ0) is 19.5. The summed E-state index contributed by atoms with van der Waals surface area (Å²) >= 11 is 0. The summed E-state index contributed by atoms with van der Waals surface area (Å²) < 4.78 is 11.0. The first kappa shape index (κ1) is 25.0. The lowest BCUT2D eigenvalue weighted by Crippen LogP contribution is -2.43. The number of nitrogens with one attached hydrogen (secondary N) is 2. The number of rotatable bonds is 9. The second-order valence-electron chi connectivity index (χ2n) is 7.30. The minimum absolute atomic E-state index is 0. The van der Waals surface area contributed by atoms with Crippen molar-refractivity contribution in [3.05, 3.63) is 29.3 Å². The fourth-order valence-corrected chi connectivity index (χ4v) is 3.35. The zero-order valence-corrected chi connectivity index (χ0v) is 20.1. The molecular formula is C21H37IN4O2. The summed E-state index contributed by atoms with van der Waals surface area (Å²) in [6.45, 7) is 10.1. The van der Waals surface area contributed by atoms with Gasteiger partial charge < -0.3 is 25.0 Å². The third-order valence-corrected chi connectivity index (χ3v) is 4.80. The number of hydrogen-bond donors (Lipinski definition) is 2. The third kappa shape index (κ3) is 8.96. The Balaban J connectivity index is 0.00000392. The van der Waals surface area contributed by atoms with E-state index in [1.54, 1.807) is 7.11 Å². The van der Waals surface area contributed by atoms with Crippen LogP contribution in [0.25, 0.3) is 0 Å². The minimum atomic E-state index is 0. The quantitative estimate of drug-likeness (QED) is 0.235. The van der Waals surface area contributed by atoms with Crippen molar-refractivity contribution < 1.29 is 9.47 Å². The van der Waals surface area contributed by atoms with E-state index in [4.69, 9.17) is 14.5 Å². The molecule has 0 amide bonds. The molecule has 160 valence electrons. The Bertz CT molecular complexity index is 598. The van der Waals surface area contributed by atoms with Crippen LogP contribution < -0.4 is 15.4 Å². The number of aliphatic imine (C=N–C) groups is 1. The molecular weight excluding hydrogens is 467 g/mol. The molecule has 6 nitrogen and oxygen atoms in total. The van der Waals surface area contributed by atoms with Crippen molar-refractivity contribution in [1.29, 1.82) is 0 Å². The molecule has 1 aliphatic heterocycles. The molecule has 28 heavy (non-hydrogen) atoms. The van der Waals surface area contributed by atoms with Gasteiger partial charge in [-0.1, -0.05) is 12.1 Å². The van der Waals surface area contributed by atoms with Gasteiger partial charge in [-0.25, -0.2) is 4.99 Å². The number of aryl methyl sites for hydroxylation is 1. The predicted molar refractivity (Wildman–Crippen MR) is 127 cm³/mol. The van der Waals surface area contributed by atoms with Crippen molar-refractivity contribution in [3.63, 3.8) is 0 Å². The number of methoxy groups -OCH3 is 1. The molecule has 1 aromatic rings. The van der Waals surface area contributed by atoms with Crippen LogP contribution >= 0.6 is 24.0 Å². The van der Waals surface area contributed by atoms with Crippen LogP contribution in [0.5, 0.6) is 5.75 Å². The van der Waals surface area contributed by atoms with Gasteiger partial charge in [-0.05, 0) is 57.8 Å². The number of nitrogens with zero attached hydrogens (tertiary/aromatic N) is 2. The molecule has 0 radical (unpaired) electrons. The summed E-state index contributed by atoms with van der Waals surface area (Å²) in [6.07, 6.45) is 2.56. The van der Waals surface area contributed by atoms with E-state index >= 15 is 0 Å². The maximum absolute atomic E-state index is 5.88. The molecule has 1 aromatic carbocycles. The second kappa shape index (κ2) is 14.0. The monoisotopic (exact) mass is 504 g/mol. The summed E-state index contributed by atoms with van der Waals surface area (Å²) in [5, 5.41) is 6.87. The van der Waals surface area contributed by atoms with Crippen LogP contribution in [-0.4, -0.2) is 64.4 Å². The highest BCUT2D eigenvalue weighted by atomic mass is 127. The van der Waals surface area contributed by atoms with E-state index < -0.39 is 0 Å². The Morgan fingerprint density at radius 1 is 1.29 bits per heavy atom. The molecule has 2 N–H and O–H groups in total. The highest BCUT2D eigenvalue weighted by molar-refractivity contribution is 14.0. The molecule has 7 heteroatoms. The lowest BCUT2D eigenvalue weighted by molar-refractivity contribution is 0.145. The van der Waals surface area contributed by atoms with E-state index in [0.717, 1.165) is 36.9 Å². The maximum Gasteiger partial charge on any atom is 0.191 e. The third-order valence-electron chi connectivity index (χ3n) is 4.80. The fourth-order valence-electron chi connectivity index (χ4n) is 3.35. The van der Waals surface area contributed by atoms with E-state index in [2.05, 4.69) is 54.6 Å². The summed E-state index contributed by atoms with van der Waals surface area (Å²) in [5.74, 6) is 2.44. The van der Waals surface area contributed by atoms with Gasteiger partial charge in [0.2, 0.25) is 0 Å². The lowest BCUT2D eigenvalue weighted by atomic mass is 9.99. The topological polar surface area (TPSA) is 58.1 Å². The van der Waals surface area contributed by atoms with Crippen molar-refractivity contribution in [2.45, 2.75) is 33.2 Å². The Morgan fingerprint density at radius 3 is 2.82 bits per heavy atom.